The minimum atomic E-state index is -5.39. The first-order valence-electron chi connectivity index (χ1n) is 0.730. The van der Waals surface area contributed by atoms with Gasteiger partial charge in [0.15, 0.2) is 0 Å². The molecule has 0 saturated heterocycles. The molecule has 0 rings (SSSR count). The molecule has 0 aliphatic carbocycles. The molecule has 4 nitrogen and oxygen atoms in total. The molecule has 43 valence electrons. The second-order valence-corrected chi connectivity index (χ2v) is 1.34. The van der Waals surface area contributed by atoms with Gasteiger partial charge in [-0.25, -0.2) is 0 Å². The van der Waals surface area contributed by atoms with Gasteiger partial charge in [-0.15, -0.1) is 0 Å². The van der Waals surface area contributed by atoms with Crippen molar-refractivity contribution < 1.29 is 53.1 Å². The molecular weight excluding hydrogens is 246 g/mol. The fourth-order valence-corrected chi connectivity index (χ4v) is 0. The minimum Gasteiger partial charge on any atom is -0.822 e. The van der Waals surface area contributed by atoms with Crippen molar-refractivity contribution in [3.05, 3.63) is 0 Å². The molecule has 0 fully saturated rings. The molecule has 0 atom stereocenters. The number of phosphoric acid groups is 1. The zero-order chi connectivity index (χ0) is 4.50. The molecular formula is CaCrNiO4P+4. The van der Waals surface area contributed by atoms with Crippen molar-refractivity contribution in [3.63, 3.8) is 0 Å². The van der Waals surface area contributed by atoms with Gasteiger partial charge in [0, 0.05) is 0 Å². The summed E-state index contributed by atoms with van der Waals surface area (Å²) >= 11 is 0. The van der Waals surface area contributed by atoms with Crippen LogP contribution >= 0.6 is 7.82 Å². The van der Waals surface area contributed by atoms with E-state index in [1.54, 1.807) is 0 Å². The van der Waals surface area contributed by atoms with Crippen LogP contribution in [0.2, 0.25) is 0 Å². The number of hydrogen-bond acceptors (Lipinski definition) is 4. The molecule has 0 saturated carbocycles. The van der Waals surface area contributed by atoms with Crippen molar-refractivity contribution in [1.29, 1.82) is 0 Å². The van der Waals surface area contributed by atoms with Crippen LogP contribution in [0.15, 0.2) is 0 Å². The van der Waals surface area contributed by atoms with Gasteiger partial charge in [0.25, 0.3) is 0 Å². The van der Waals surface area contributed by atoms with Crippen LogP contribution in [0.1, 0.15) is 0 Å². The summed E-state index contributed by atoms with van der Waals surface area (Å²) in [6.07, 6.45) is 0. The van der Waals surface area contributed by atoms with E-state index in [2.05, 4.69) is 0 Å². The van der Waals surface area contributed by atoms with Crippen molar-refractivity contribution in [1.82, 2.24) is 0 Å². The minimum absolute atomic E-state index is 0. The second-order valence-electron chi connectivity index (χ2n) is 0.447. The van der Waals surface area contributed by atoms with Gasteiger partial charge in [0.2, 0.25) is 0 Å². The van der Waals surface area contributed by atoms with Gasteiger partial charge in [-0.2, -0.15) is 7.82 Å². The first-order valence-corrected chi connectivity index (χ1v) is 2.19. The monoisotopic (exact) mass is 245 g/mol. The summed E-state index contributed by atoms with van der Waals surface area (Å²) < 4.78 is 8.55. The maximum atomic E-state index is 8.55. The Morgan fingerprint density at radius 1 is 1.12 bits per heavy atom. The first-order chi connectivity index (χ1) is 2.00. The van der Waals surface area contributed by atoms with Crippen LogP contribution in [0.25, 0.3) is 0 Å². The predicted molar refractivity (Wildman–Crippen MR) is 13.4 cm³/mol. The van der Waals surface area contributed by atoms with Gasteiger partial charge in [-0.3, -0.25) is 0 Å². The summed E-state index contributed by atoms with van der Waals surface area (Å²) in [6, 6.07) is 0. The molecule has 0 aromatic heterocycles. The van der Waals surface area contributed by atoms with Gasteiger partial charge < -0.3 is 19.2 Å². The Morgan fingerprint density at radius 3 is 1.12 bits per heavy atom. The molecule has 0 aliphatic heterocycles. The molecule has 0 aromatic rings. The van der Waals surface area contributed by atoms with E-state index in [9.17, 15) is 0 Å². The Morgan fingerprint density at radius 2 is 1.12 bits per heavy atom. The van der Waals surface area contributed by atoms with E-state index in [1.807, 2.05) is 0 Å². The molecule has 1 radical (unpaired) electrons. The third-order valence-corrected chi connectivity index (χ3v) is 0. The van der Waals surface area contributed by atoms with Crippen LogP contribution in [0.4, 0.5) is 0 Å². The maximum Gasteiger partial charge on any atom is 3.00 e. The first kappa shape index (κ1) is 22.4. The Bertz CT molecular complexity index is 62.2. The van der Waals surface area contributed by atoms with E-state index in [0.717, 1.165) is 0 Å². The fraction of sp³-hybridized carbons (Fsp3) is 0. The quantitative estimate of drug-likeness (QED) is 0.332. The van der Waals surface area contributed by atoms with Crippen LogP contribution in [0, 0.1) is 0 Å². The normalized spacial score (nSPS) is 7.38. The molecule has 8 heavy (non-hydrogen) atoms. The molecule has 0 aliphatic rings. The molecule has 0 heterocycles. The Labute approximate surface area is 97.3 Å². The Hall–Kier alpha value is 2.40. The molecule has 0 N–H and O–H groups in total. The molecule has 0 unspecified atom stereocenters. The maximum absolute atomic E-state index is 8.55. The van der Waals surface area contributed by atoms with Crippen LogP contribution in [0.3, 0.4) is 0 Å². The van der Waals surface area contributed by atoms with Gasteiger partial charge in [-0.05, 0) is 0 Å². The van der Waals surface area contributed by atoms with E-state index in [1.165, 1.54) is 0 Å². The number of rotatable bonds is 0. The average molecular weight is 246 g/mol. The van der Waals surface area contributed by atoms with E-state index < -0.39 is 7.82 Å². The summed E-state index contributed by atoms with van der Waals surface area (Å²) in [6.45, 7) is 0. The van der Waals surface area contributed by atoms with Crippen LogP contribution in [-0.4, -0.2) is 37.7 Å². The standard InChI is InChI=1S/Ca.Cr.Ni.H3O4P/c;;;1-5(2,3)4/h;;;(H3,1,2,3,4)/q+2;+3;+2;/p-3. The molecule has 0 spiro atoms. The van der Waals surface area contributed by atoms with E-state index in [4.69, 9.17) is 19.2 Å². The second kappa shape index (κ2) is 9.40. The predicted octanol–water partition coefficient (Wildman–Crippen LogP) is -3.21. The largest absolute Gasteiger partial charge is 3.00 e. The van der Waals surface area contributed by atoms with Crippen LogP contribution < -0.4 is 14.7 Å². The average Bonchev–Trinajstić information content (AvgIpc) is 0.722. The van der Waals surface area contributed by atoms with E-state index in [0.29, 0.717) is 0 Å². The van der Waals surface area contributed by atoms with E-state index >= 15 is 0 Å². The zero-order valence-electron chi connectivity index (χ0n) is 3.51. The number of hydrogen-bond donors (Lipinski definition) is 0. The molecule has 0 bridgehead atoms. The summed E-state index contributed by atoms with van der Waals surface area (Å²) in [7, 11) is -5.39. The SMILES string of the molecule is O=P([O-])([O-])[O-].[Ca+2].[Cr+3].[Ni+2]. The van der Waals surface area contributed by atoms with E-state index in [-0.39, 0.29) is 71.6 Å². The van der Waals surface area contributed by atoms with Crippen molar-refractivity contribution in [2.45, 2.75) is 0 Å². The Kier molecular flexibility index (Phi) is 26.3. The topological polar surface area (TPSA) is 86.2 Å². The summed E-state index contributed by atoms with van der Waals surface area (Å²) in [4.78, 5) is 25.6. The molecule has 0 amide bonds. The zero-order valence-corrected chi connectivity index (χ0v) is 8.88. The van der Waals surface area contributed by atoms with Crippen molar-refractivity contribution >= 4 is 45.6 Å². The Balaban J connectivity index is -0.0000000267. The summed E-state index contributed by atoms with van der Waals surface area (Å²) in [5, 5.41) is 0. The van der Waals surface area contributed by atoms with Gasteiger partial charge in [0.05, 0.1) is 0 Å². The third kappa shape index (κ3) is 80.0. The smallest absolute Gasteiger partial charge is 0.822 e. The van der Waals surface area contributed by atoms with Crippen molar-refractivity contribution in [3.8, 4) is 0 Å². The van der Waals surface area contributed by atoms with Crippen LogP contribution in [-0.2, 0) is 38.4 Å². The molecule has 0 aromatic carbocycles. The van der Waals surface area contributed by atoms with Gasteiger partial charge in [-0.1, -0.05) is 0 Å². The molecule has 8 heteroatoms. The van der Waals surface area contributed by atoms with Crippen molar-refractivity contribution in [2.75, 3.05) is 0 Å². The summed E-state index contributed by atoms with van der Waals surface area (Å²) in [5.74, 6) is 0. The van der Waals surface area contributed by atoms with Gasteiger partial charge >= 0.3 is 71.6 Å². The van der Waals surface area contributed by atoms with Gasteiger partial charge in [0.1, 0.15) is 0 Å². The fourth-order valence-electron chi connectivity index (χ4n) is 0. The third-order valence-electron chi connectivity index (χ3n) is 0. The summed E-state index contributed by atoms with van der Waals surface area (Å²) in [5.41, 5.74) is 0. The van der Waals surface area contributed by atoms with Crippen LogP contribution in [0.5, 0.6) is 0 Å². The van der Waals surface area contributed by atoms with Crippen molar-refractivity contribution in [2.24, 2.45) is 0 Å².